The number of nitro groups is 1. The molecule has 0 radical (unpaired) electrons. The van der Waals surface area contributed by atoms with Crippen LogP contribution in [0.2, 0.25) is 0 Å². The molecule has 3 aromatic rings. The molecule has 3 amide bonds. The van der Waals surface area contributed by atoms with Crippen molar-refractivity contribution < 1.29 is 19.2 Å². The van der Waals surface area contributed by atoms with Crippen LogP contribution in [0.1, 0.15) is 0 Å². The summed E-state index contributed by atoms with van der Waals surface area (Å²) in [7, 11) is 0. The minimum absolute atomic E-state index is 0.0626. The van der Waals surface area contributed by atoms with Crippen molar-refractivity contribution >= 4 is 34.7 Å². The van der Waals surface area contributed by atoms with Crippen molar-refractivity contribution in [2.45, 2.75) is 0 Å². The number of hydrogen-bond acceptors (Lipinski definition) is 5. The minimum Gasteiger partial charge on any atom is -0.484 e. The van der Waals surface area contributed by atoms with Crippen LogP contribution in [0.15, 0.2) is 78.9 Å². The van der Waals surface area contributed by atoms with E-state index in [0.29, 0.717) is 22.8 Å². The summed E-state index contributed by atoms with van der Waals surface area (Å²) in [4.78, 5) is 34.3. The Kier molecular flexibility index (Phi) is 6.57. The third-order valence-electron chi connectivity index (χ3n) is 3.85. The number of nitrogens with zero attached hydrogens (tertiary/aromatic N) is 1. The number of nitrogens with one attached hydrogen (secondary N) is 3. The molecule has 3 rings (SSSR count). The van der Waals surface area contributed by atoms with Crippen molar-refractivity contribution in [2.24, 2.45) is 0 Å². The number of hydrogen-bond donors (Lipinski definition) is 3. The molecule has 0 atom stereocenters. The Bertz CT molecular complexity index is 1040. The van der Waals surface area contributed by atoms with E-state index in [-0.39, 0.29) is 12.3 Å². The average molecular weight is 406 g/mol. The molecule has 0 heterocycles. The Balaban J connectivity index is 1.50. The predicted molar refractivity (Wildman–Crippen MR) is 113 cm³/mol. The molecule has 0 fully saturated rings. The molecule has 0 aliphatic heterocycles. The van der Waals surface area contributed by atoms with Crippen LogP contribution in [-0.2, 0) is 4.79 Å². The number of anilines is 3. The second kappa shape index (κ2) is 9.69. The van der Waals surface area contributed by atoms with E-state index in [9.17, 15) is 19.7 Å². The first-order valence-corrected chi connectivity index (χ1v) is 8.90. The number of urea groups is 1. The van der Waals surface area contributed by atoms with Crippen LogP contribution >= 0.6 is 0 Å². The van der Waals surface area contributed by atoms with E-state index in [2.05, 4.69) is 16.0 Å². The predicted octanol–water partition coefficient (Wildman–Crippen LogP) is 4.26. The highest BCUT2D eigenvalue weighted by molar-refractivity contribution is 6.00. The highest BCUT2D eigenvalue weighted by Gasteiger charge is 2.08. The van der Waals surface area contributed by atoms with E-state index in [1.807, 2.05) is 18.2 Å². The standard InChI is InChI=1S/C21H18N4O5/c26-20(14-30-19-11-9-18(10-12-19)25(28)29)22-16-7-4-8-17(13-16)24-21(27)23-15-5-2-1-3-6-15/h1-13H,14H2,(H,22,26)(H2,23,24,27). The maximum atomic E-state index is 12.1. The van der Waals surface area contributed by atoms with Gasteiger partial charge in [-0.15, -0.1) is 0 Å². The molecule has 3 N–H and O–H groups in total. The van der Waals surface area contributed by atoms with E-state index >= 15 is 0 Å². The summed E-state index contributed by atoms with van der Waals surface area (Å²) < 4.78 is 5.32. The number of benzene rings is 3. The summed E-state index contributed by atoms with van der Waals surface area (Å²) in [6.07, 6.45) is 0. The highest BCUT2D eigenvalue weighted by Crippen LogP contribution is 2.18. The highest BCUT2D eigenvalue weighted by atomic mass is 16.6. The van der Waals surface area contributed by atoms with Crippen molar-refractivity contribution in [2.75, 3.05) is 22.6 Å². The number of non-ortho nitro benzene ring substituents is 1. The van der Waals surface area contributed by atoms with E-state index in [4.69, 9.17) is 4.74 Å². The maximum Gasteiger partial charge on any atom is 0.323 e. The van der Waals surface area contributed by atoms with Gasteiger partial charge in [0.15, 0.2) is 6.61 Å². The summed E-state index contributed by atoms with van der Waals surface area (Å²) in [5.41, 5.74) is 1.57. The minimum atomic E-state index is -0.516. The van der Waals surface area contributed by atoms with Crippen LogP contribution in [0.3, 0.4) is 0 Å². The molecule has 3 aromatic carbocycles. The van der Waals surface area contributed by atoms with Gasteiger partial charge in [-0.3, -0.25) is 14.9 Å². The number of amides is 3. The topological polar surface area (TPSA) is 123 Å². The molecule has 0 bridgehead atoms. The number of rotatable bonds is 7. The van der Waals surface area contributed by atoms with Crippen LogP contribution in [-0.4, -0.2) is 23.5 Å². The molecule has 30 heavy (non-hydrogen) atoms. The van der Waals surface area contributed by atoms with E-state index < -0.39 is 16.9 Å². The summed E-state index contributed by atoms with van der Waals surface area (Å²) >= 11 is 0. The van der Waals surface area contributed by atoms with Gasteiger partial charge in [0.2, 0.25) is 0 Å². The Morgan fingerprint density at radius 1 is 0.800 bits per heavy atom. The lowest BCUT2D eigenvalue weighted by Gasteiger charge is -2.10. The average Bonchev–Trinajstić information content (AvgIpc) is 2.73. The van der Waals surface area contributed by atoms with Gasteiger partial charge in [-0.1, -0.05) is 24.3 Å². The third-order valence-corrected chi connectivity index (χ3v) is 3.85. The summed E-state index contributed by atoms with van der Waals surface area (Å²) in [6.45, 7) is -0.274. The van der Waals surface area contributed by atoms with Gasteiger partial charge in [-0.05, 0) is 42.5 Å². The van der Waals surface area contributed by atoms with Crippen molar-refractivity contribution in [3.63, 3.8) is 0 Å². The summed E-state index contributed by atoms with van der Waals surface area (Å²) in [5, 5.41) is 18.7. The summed E-state index contributed by atoms with van der Waals surface area (Å²) in [5.74, 6) is -0.0806. The van der Waals surface area contributed by atoms with Gasteiger partial charge in [0.1, 0.15) is 5.75 Å². The lowest BCUT2D eigenvalue weighted by atomic mass is 10.2. The van der Waals surface area contributed by atoms with E-state index in [0.717, 1.165) is 0 Å². The molecule has 9 heteroatoms. The molecule has 0 unspecified atom stereocenters. The normalized spacial score (nSPS) is 10.0. The fourth-order valence-electron chi connectivity index (χ4n) is 2.50. The van der Waals surface area contributed by atoms with Crippen LogP contribution in [0, 0.1) is 10.1 Å². The first-order chi connectivity index (χ1) is 14.5. The molecule has 9 nitrogen and oxygen atoms in total. The number of ether oxygens (including phenoxy) is 1. The van der Waals surface area contributed by atoms with Crippen LogP contribution < -0.4 is 20.7 Å². The molecule has 0 saturated heterocycles. The largest absolute Gasteiger partial charge is 0.484 e. The molecular formula is C21H18N4O5. The Labute approximate surface area is 171 Å². The zero-order chi connectivity index (χ0) is 21.3. The lowest BCUT2D eigenvalue weighted by molar-refractivity contribution is -0.384. The number of carbonyl (C=O) groups is 2. The Hall–Kier alpha value is -4.40. The maximum absolute atomic E-state index is 12.1. The molecule has 0 saturated carbocycles. The molecule has 0 spiro atoms. The Morgan fingerprint density at radius 3 is 2.07 bits per heavy atom. The smallest absolute Gasteiger partial charge is 0.323 e. The fraction of sp³-hybridized carbons (Fsp3) is 0.0476. The zero-order valence-electron chi connectivity index (χ0n) is 15.7. The van der Waals surface area contributed by atoms with Gasteiger partial charge in [-0.25, -0.2) is 4.79 Å². The van der Waals surface area contributed by atoms with Crippen LogP contribution in [0.25, 0.3) is 0 Å². The van der Waals surface area contributed by atoms with Crippen molar-refractivity contribution in [1.29, 1.82) is 0 Å². The first-order valence-electron chi connectivity index (χ1n) is 8.90. The number of carbonyl (C=O) groups excluding carboxylic acids is 2. The zero-order valence-corrected chi connectivity index (χ0v) is 15.7. The molecule has 0 aliphatic carbocycles. The van der Waals surface area contributed by atoms with Crippen molar-refractivity contribution in [3.8, 4) is 5.75 Å². The quantitative estimate of drug-likeness (QED) is 0.400. The van der Waals surface area contributed by atoms with Gasteiger partial charge in [0.05, 0.1) is 4.92 Å². The van der Waals surface area contributed by atoms with Crippen molar-refractivity contribution in [1.82, 2.24) is 0 Å². The SMILES string of the molecule is O=C(COc1ccc([N+](=O)[O-])cc1)Nc1cccc(NC(=O)Nc2ccccc2)c1. The fourth-order valence-corrected chi connectivity index (χ4v) is 2.50. The van der Waals surface area contributed by atoms with Gasteiger partial charge < -0.3 is 20.7 Å². The monoisotopic (exact) mass is 406 g/mol. The second-order valence-electron chi connectivity index (χ2n) is 6.11. The van der Waals surface area contributed by atoms with Crippen LogP contribution in [0.5, 0.6) is 5.75 Å². The third kappa shape index (κ3) is 6.06. The molecule has 0 aliphatic rings. The van der Waals surface area contributed by atoms with Gasteiger partial charge in [-0.2, -0.15) is 0 Å². The van der Waals surface area contributed by atoms with E-state index in [1.165, 1.54) is 24.3 Å². The molecular weight excluding hydrogens is 388 g/mol. The number of para-hydroxylation sites is 1. The first kappa shape index (κ1) is 20.3. The Morgan fingerprint density at radius 2 is 1.40 bits per heavy atom. The van der Waals surface area contributed by atoms with E-state index in [1.54, 1.807) is 36.4 Å². The van der Waals surface area contributed by atoms with Gasteiger partial charge in [0, 0.05) is 29.2 Å². The summed E-state index contributed by atoms with van der Waals surface area (Å²) in [6, 6.07) is 20.7. The molecule has 152 valence electrons. The second-order valence-corrected chi connectivity index (χ2v) is 6.11. The van der Waals surface area contributed by atoms with Gasteiger partial charge >= 0.3 is 6.03 Å². The van der Waals surface area contributed by atoms with Crippen molar-refractivity contribution in [3.05, 3.63) is 89.0 Å². The van der Waals surface area contributed by atoms with Crippen LogP contribution in [0.4, 0.5) is 27.5 Å². The van der Waals surface area contributed by atoms with Gasteiger partial charge in [0.25, 0.3) is 11.6 Å². The lowest BCUT2D eigenvalue weighted by Crippen LogP contribution is -2.21. The molecule has 0 aromatic heterocycles. The number of nitro benzene ring substituents is 1.